The Morgan fingerprint density at radius 2 is 1.89 bits per heavy atom. The molecule has 0 amide bonds. The van der Waals surface area contributed by atoms with Crippen molar-refractivity contribution in [2.45, 2.75) is 13.0 Å². The van der Waals surface area contributed by atoms with Gasteiger partial charge in [0.15, 0.2) is 0 Å². The van der Waals surface area contributed by atoms with E-state index < -0.39 is 0 Å². The van der Waals surface area contributed by atoms with Crippen LogP contribution in [0.4, 0.5) is 5.69 Å². The summed E-state index contributed by atoms with van der Waals surface area (Å²) in [5.74, 6) is 0. The molecule has 3 heteroatoms. The number of benzene rings is 2. The van der Waals surface area contributed by atoms with Gasteiger partial charge in [-0.15, -0.1) is 0 Å². The van der Waals surface area contributed by atoms with Gasteiger partial charge in [0.2, 0.25) is 0 Å². The van der Waals surface area contributed by atoms with Gasteiger partial charge in [-0.1, -0.05) is 41.4 Å². The summed E-state index contributed by atoms with van der Waals surface area (Å²) in [7, 11) is 0. The fourth-order valence-electron chi connectivity index (χ4n) is 1.87. The highest BCUT2D eigenvalue weighted by atomic mass is 35.5. The first-order valence-electron chi connectivity index (χ1n) is 5.88. The Balaban J connectivity index is 2.17. The zero-order valence-corrected chi connectivity index (χ0v) is 11.0. The second kappa shape index (κ2) is 5.89. The van der Waals surface area contributed by atoms with Crippen LogP contribution in [0, 0.1) is 6.92 Å². The average Bonchev–Trinajstić information content (AvgIpc) is 2.38. The van der Waals surface area contributed by atoms with Gasteiger partial charge in [-0.05, 0) is 36.8 Å². The molecule has 0 radical (unpaired) electrons. The van der Waals surface area contributed by atoms with E-state index in [0.29, 0.717) is 5.02 Å². The zero-order chi connectivity index (χ0) is 13.0. The fraction of sp³-hybridized carbons (Fsp3) is 0.200. The maximum absolute atomic E-state index is 9.50. The summed E-state index contributed by atoms with van der Waals surface area (Å²) in [5.41, 5.74) is 3.20. The lowest BCUT2D eigenvalue weighted by molar-refractivity contribution is 0.276. The van der Waals surface area contributed by atoms with Gasteiger partial charge in [0.25, 0.3) is 0 Å². The van der Waals surface area contributed by atoms with Crippen LogP contribution in [0.15, 0.2) is 48.5 Å². The van der Waals surface area contributed by atoms with Crippen LogP contribution < -0.4 is 5.32 Å². The monoisotopic (exact) mass is 261 g/mol. The summed E-state index contributed by atoms with van der Waals surface area (Å²) in [6.07, 6.45) is 0. The average molecular weight is 262 g/mol. The third kappa shape index (κ3) is 3.25. The molecule has 1 atom stereocenters. The molecule has 2 aromatic carbocycles. The molecule has 1 unspecified atom stereocenters. The molecular weight excluding hydrogens is 246 g/mol. The summed E-state index contributed by atoms with van der Waals surface area (Å²) in [4.78, 5) is 0. The fourth-order valence-corrected chi connectivity index (χ4v) is 1.99. The number of hydrogen-bond donors (Lipinski definition) is 2. The summed E-state index contributed by atoms with van der Waals surface area (Å²) in [6, 6.07) is 15.5. The van der Waals surface area contributed by atoms with Gasteiger partial charge < -0.3 is 10.4 Å². The Hall–Kier alpha value is -1.51. The van der Waals surface area contributed by atoms with Crippen molar-refractivity contribution in [3.8, 4) is 0 Å². The molecule has 0 aliphatic carbocycles. The van der Waals surface area contributed by atoms with Gasteiger partial charge in [0.05, 0.1) is 12.6 Å². The van der Waals surface area contributed by atoms with Gasteiger partial charge in [0, 0.05) is 10.7 Å². The molecule has 0 fully saturated rings. The number of aliphatic hydroxyl groups is 1. The zero-order valence-electron chi connectivity index (χ0n) is 10.2. The Bertz CT molecular complexity index is 510. The number of rotatable bonds is 4. The van der Waals surface area contributed by atoms with Crippen molar-refractivity contribution in [1.29, 1.82) is 0 Å². The molecule has 0 saturated heterocycles. The third-order valence-corrected chi connectivity index (χ3v) is 3.06. The first kappa shape index (κ1) is 12.9. The highest BCUT2D eigenvalue weighted by Crippen LogP contribution is 2.21. The molecule has 0 heterocycles. The van der Waals surface area contributed by atoms with Crippen molar-refractivity contribution in [3.05, 3.63) is 64.7 Å². The van der Waals surface area contributed by atoms with Crippen LogP contribution >= 0.6 is 11.6 Å². The van der Waals surface area contributed by atoms with E-state index in [9.17, 15) is 5.11 Å². The molecular formula is C15H16ClNO. The number of aryl methyl sites for hydroxylation is 1. The van der Waals surface area contributed by atoms with E-state index in [1.807, 2.05) is 49.4 Å². The van der Waals surface area contributed by atoms with Crippen molar-refractivity contribution in [2.75, 3.05) is 11.9 Å². The molecule has 2 rings (SSSR count). The van der Waals surface area contributed by atoms with Crippen LogP contribution in [0.1, 0.15) is 17.2 Å². The topological polar surface area (TPSA) is 32.3 Å². The molecule has 0 spiro atoms. The predicted molar refractivity (Wildman–Crippen MR) is 76.1 cm³/mol. The second-order valence-electron chi connectivity index (χ2n) is 4.30. The maximum Gasteiger partial charge on any atom is 0.0745 e. The Morgan fingerprint density at radius 1 is 1.17 bits per heavy atom. The molecule has 0 bridgehead atoms. The lowest BCUT2D eigenvalue weighted by atomic mass is 10.0. The molecule has 18 heavy (non-hydrogen) atoms. The van der Waals surface area contributed by atoms with E-state index in [2.05, 4.69) is 11.4 Å². The van der Waals surface area contributed by atoms with Crippen molar-refractivity contribution >= 4 is 17.3 Å². The minimum absolute atomic E-state index is 0.0477. The summed E-state index contributed by atoms with van der Waals surface area (Å²) in [6.45, 7) is 2.09. The van der Waals surface area contributed by atoms with Gasteiger partial charge in [-0.25, -0.2) is 0 Å². The van der Waals surface area contributed by atoms with Crippen LogP contribution in [0.25, 0.3) is 0 Å². The van der Waals surface area contributed by atoms with Crippen molar-refractivity contribution in [1.82, 2.24) is 0 Å². The minimum atomic E-state index is -0.105. The minimum Gasteiger partial charge on any atom is -0.394 e. The molecule has 0 saturated carbocycles. The summed E-state index contributed by atoms with van der Waals surface area (Å²) >= 11 is 5.84. The highest BCUT2D eigenvalue weighted by molar-refractivity contribution is 6.30. The number of hydrogen-bond acceptors (Lipinski definition) is 2. The molecule has 2 N–H and O–H groups in total. The number of aliphatic hydroxyl groups excluding tert-OH is 1. The van der Waals surface area contributed by atoms with E-state index >= 15 is 0 Å². The van der Waals surface area contributed by atoms with Crippen molar-refractivity contribution < 1.29 is 5.11 Å². The normalized spacial score (nSPS) is 12.2. The predicted octanol–water partition coefficient (Wildman–Crippen LogP) is 3.79. The van der Waals surface area contributed by atoms with E-state index in [1.165, 1.54) is 5.56 Å². The summed E-state index contributed by atoms with van der Waals surface area (Å²) in [5, 5.41) is 13.5. The van der Waals surface area contributed by atoms with Gasteiger partial charge in [0.1, 0.15) is 0 Å². The number of nitrogens with one attached hydrogen (secondary N) is 1. The Kier molecular flexibility index (Phi) is 4.24. The smallest absolute Gasteiger partial charge is 0.0745 e. The third-order valence-electron chi connectivity index (χ3n) is 2.81. The first-order chi connectivity index (χ1) is 8.69. The quantitative estimate of drug-likeness (QED) is 0.878. The molecule has 2 nitrogen and oxygen atoms in total. The Morgan fingerprint density at radius 3 is 2.50 bits per heavy atom. The van der Waals surface area contributed by atoms with E-state index in [1.54, 1.807) is 0 Å². The maximum atomic E-state index is 9.50. The van der Waals surface area contributed by atoms with Crippen LogP contribution in [-0.4, -0.2) is 11.7 Å². The standard InChI is InChI=1S/C15H16ClNO/c1-11-3-2-4-12(9-11)15(10-18)17-14-7-5-13(16)6-8-14/h2-9,15,17-18H,10H2,1H3. The second-order valence-corrected chi connectivity index (χ2v) is 4.74. The highest BCUT2D eigenvalue weighted by Gasteiger charge is 2.09. The van der Waals surface area contributed by atoms with Gasteiger partial charge in [-0.3, -0.25) is 0 Å². The van der Waals surface area contributed by atoms with Crippen LogP contribution in [0.3, 0.4) is 0 Å². The number of halogens is 1. The van der Waals surface area contributed by atoms with Crippen molar-refractivity contribution in [3.63, 3.8) is 0 Å². The molecule has 0 aliphatic heterocycles. The number of anilines is 1. The van der Waals surface area contributed by atoms with Crippen LogP contribution in [0.2, 0.25) is 5.02 Å². The van der Waals surface area contributed by atoms with E-state index in [0.717, 1.165) is 11.3 Å². The van der Waals surface area contributed by atoms with E-state index in [4.69, 9.17) is 11.6 Å². The lowest BCUT2D eigenvalue weighted by Crippen LogP contribution is -2.14. The van der Waals surface area contributed by atoms with Crippen LogP contribution in [0.5, 0.6) is 0 Å². The molecule has 2 aromatic rings. The SMILES string of the molecule is Cc1cccc(C(CO)Nc2ccc(Cl)cc2)c1. The summed E-state index contributed by atoms with van der Waals surface area (Å²) < 4.78 is 0. The molecule has 0 aromatic heterocycles. The van der Waals surface area contributed by atoms with E-state index in [-0.39, 0.29) is 12.6 Å². The molecule has 94 valence electrons. The molecule has 0 aliphatic rings. The largest absolute Gasteiger partial charge is 0.394 e. The van der Waals surface area contributed by atoms with Gasteiger partial charge >= 0.3 is 0 Å². The van der Waals surface area contributed by atoms with Crippen LogP contribution in [-0.2, 0) is 0 Å². The van der Waals surface area contributed by atoms with Crippen molar-refractivity contribution in [2.24, 2.45) is 0 Å². The Labute approximate surface area is 112 Å². The van der Waals surface area contributed by atoms with Gasteiger partial charge in [-0.2, -0.15) is 0 Å². The first-order valence-corrected chi connectivity index (χ1v) is 6.26. The lowest BCUT2D eigenvalue weighted by Gasteiger charge is -2.18.